The van der Waals surface area contributed by atoms with Crippen molar-refractivity contribution < 1.29 is 14.3 Å². The van der Waals surface area contributed by atoms with Crippen LogP contribution in [0.15, 0.2) is 35.2 Å². The second-order valence-electron chi connectivity index (χ2n) is 4.22. The Kier molecular flexibility index (Phi) is 7.80. The standard InChI is InChI=1S/C15H21NO3S/c1-3-10-16(11-15(18)19-4-2)14(17)12-20-13-8-6-5-7-9-13/h5-9H,3-4,10-12H2,1-2H3. The number of hydrogen-bond acceptors (Lipinski definition) is 4. The number of amides is 1. The topological polar surface area (TPSA) is 46.6 Å². The van der Waals surface area contributed by atoms with Gasteiger partial charge in [0, 0.05) is 11.4 Å². The third kappa shape index (κ3) is 6.10. The lowest BCUT2D eigenvalue weighted by molar-refractivity contribution is -0.148. The van der Waals surface area contributed by atoms with Crippen LogP contribution in [0, 0.1) is 0 Å². The minimum atomic E-state index is -0.348. The maximum atomic E-state index is 12.1. The molecule has 1 aromatic rings. The van der Waals surface area contributed by atoms with Crippen molar-refractivity contribution >= 4 is 23.6 Å². The maximum absolute atomic E-state index is 12.1. The van der Waals surface area contributed by atoms with Gasteiger partial charge in [-0.3, -0.25) is 9.59 Å². The first kappa shape index (κ1) is 16.6. The molecule has 0 aliphatic rings. The van der Waals surface area contributed by atoms with Crippen LogP contribution in [0.4, 0.5) is 0 Å². The van der Waals surface area contributed by atoms with Gasteiger partial charge in [0.2, 0.25) is 5.91 Å². The Morgan fingerprint density at radius 2 is 1.90 bits per heavy atom. The Morgan fingerprint density at radius 3 is 2.50 bits per heavy atom. The van der Waals surface area contributed by atoms with E-state index in [1.165, 1.54) is 11.8 Å². The maximum Gasteiger partial charge on any atom is 0.325 e. The van der Waals surface area contributed by atoms with Crippen molar-refractivity contribution in [3.63, 3.8) is 0 Å². The van der Waals surface area contributed by atoms with Crippen molar-refractivity contribution in [1.29, 1.82) is 0 Å². The Balaban J connectivity index is 2.49. The molecule has 0 heterocycles. The second kappa shape index (κ2) is 9.42. The van der Waals surface area contributed by atoms with Crippen molar-refractivity contribution in [2.75, 3.05) is 25.4 Å². The van der Waals surface area contributed by atoms with Gasteiger partial charge < -0.3 is 9.64 Å². The third-order valence-corrected chi connectivity index (χ3v) is 3.57. The molecular weight excluding hydrogens is 274 g/mol. The SMILES string of the molecule is CCCN(CC(=O)OCC)C(=O)CSc1ccccc1. The summed E-state index contributed by atoms with van der Waals surface area (Å²) in [7, 11) is 0. The number of rotatable bonds is 8. The number of carbonyl (C=O) groups is 2. The summed E-state index contributed by atoms with van der Waals surface area (Å²) in [5, 5.41) is 0. The molecule has 0 aliphatic heterocycles. The van der Waals surface area contributed by atoms with E-state index in [9.17, 15) is 9.59 Å². The van der Waals surface area contributed by atoms with E-state index in [2.05, 4.69) is 0 Å². The Bertz CT molecular complexity index is 422. The van der Waals surface area contributed by atoms with Crippen molar-refractivity contribution in [2.24, 2.45) is 0 Å². The summed E-state index contributed by atoms with van der Waals surface area (Å²) in [5.41, 5.74) is 0. The molecule has 1 amide bonds. The monoisotopic (exact) mass is 295 g/mol. The molecule has 4 nitrogen and oxygen atoms in total. The van der Waals surface area contributed by atoms with Crippen LogP contribution in [-0.4, -0.2) is 42.2 Å². The lowest BCUT2D eigenvalue weighted by Crippen LogP contribution is -2.38. The summed E-state index contributed by atoms with van der Waals surface area (Å²) in [6.07, 6.45) is 0.821. The summed E-state index contributed by atoms with van der Waals surface area (Å²) in [5.74, 6) is -0.0450. The van der Waals surface area contributed by atoms with Gasteiger partial charge >= 0.3 is 5.97 Å². The van der Waals surface area contributed by atoms with Crippen LogP contribution < -0.4 is 0 Å². The van der Waals surface area contributed by atoms with Gasteiger partial charge in [0.1, 0.15) is 6.54 Å². The van der Waals surface area contributed by atoms with E-state index >= 15 is 0 Å². The summed E-state index contributed by atoms with van der Waals surface area (Å²) >= 11 is 1.48. The molecule has 0 unspecified atom stereocenters. The van der Waals surface area contributed by atoms with Gasteiger partial charge in [0.15, 0.2) is 0 Å². The van der Waals surface area contributed by atoms with Gasteiger partial charge in [0.25, 0.3) is 0 Å². The minimum Gasteiger partial charge on any atom is -0.465 e. The molecule has 0 aromatic heterocycles. The predicted molar refractivity (Wildman–Crippen MR) is 80.7 cm³/mol. The fourth-order valence-electron chi connectivity index (χ4n) is 1.68. The molecule has 0 radical (unpaired) electrons. The van der Waals surface area contributed by atoms with Crippen molar-refractivity contribution in [3.8, 4) is 0 Å². The van der Waals surface area contributed by atoms with E-state index in [-0.39, 0.29) is 18.4 Å². The van der Waals surface area contributed by atoms with E-state index in [4.69, 9.17) is 4.74 Å². The number of esters is 1. The van der Waals surface area contributed by atoms with Crippen molar-refractivity contribution in [3.05, 3.63) is 30.3 Å². The van der Waals surface area contributed by atoms with Gasteiger partial charge in [0.05, 0.1) is 12.4 Å². The number of carbonyl (C=O) groups excluding carboxylic acids is 2. The molecule has 20 heavy (non-hydrogen) atoms. The molecule has 0 bridgehead atoms. The quantitative estimate of drug-likeness (QED) is 0.546. The average molecular weight is 295 g/mol. The van der Waals surface area contributed by atoms with Gasteiger partial charge in [-0.1, -0.05) is 25.1 Å². The number of nitrogens with zero attached hydrogens (tertiary/aromatic N) is 1. The molecule has 0 saturated carbocycles. The second-order valence-corrected chi connectivity index (χ2v) is 5.27. The van der Waals surface area contributed by atoms with E-state index < -0.39 is 0 Å². The molecular formula is C15H21NO3S. The first-order chi connectivity index (χ1) is 9.67. The molecule has 0 aliphatic carbocycles. The van der Waals surface area contributed by atoms with Crippen LogP contribution in [0.25, 0.3) is 0 Å². The third-order valence-electron chi connectivity index (χ3n) is 2.58. The molecule has 0 N–H and O–H groups in total. The molecule has 110 valence electrons. The number of ether oxygens (including phenoxy) is 1. The highest BCUT2D eigenvalue weighted by Crippen LogP contribution is 2.17. The normalized spacial score (nSPS) is 10.1. The first-order valence-corrected chi connectivity index (χ1v) is 7.77. The first-order valence-electron chi connectivity index (χ1n) is 6.78. The fourth-order valence-corrected chi connectivity index (χ4v) is 2.50. The zero-order valence-electron chi connectivity index (χ0n) is 12.0. The van der Waals surface area contributed by atoms with Gasteiger partial charge in [-0.15, -0.1) is 11.8 Å². The van der Waals surface area contributed by atoms with E-state index in [1.807, 2.05) is 37.3 Å². The Morgan fingerprint density at radius 1 is 1.20 bits per heavy atom. The number of thioether (sulfide) groups is 1. The molecule has 0 saturated heterocycles. The van der Waals surface area contributed by atoms with Gasteiger partial charge in [-0.2, -0.15) is 0 Å². The Labute approximate surface area is 124 Å². The molecule has 0 fully saturated rings. The highest BCUT2D eigenvalue weighted by atomic mass is 32.2. The largest absolute Gasteiger partial charge is 0.465 e. The van der Waals surface area contributed by atoms with Crippen LogP contribution in [0.3, 0.4) is 0 Å². The lowest BCUT2D eigenvalue weighted by atomic mass is 10.4. The van der Waals surface area contributed by atoms with E-state index in [0.29, 0.717) is 18.9 Å². The molecule has 1 aromatic carbocycles. The predicted octanol–water partition coefficient (Wildman–Crippen LogP) is 2.58. The van der Waals surface area contributed by atoms with E-state index in [1.54, 1.807) is 11.8 Å². The summed E-state index contributed by atoms with van der Waals surface area (Å²) in [6, 6.07) is 9.75. The summed E-state index contributed by atoms with van der Waals surface area (Å²) in [6.45, 7) is 4.69. The number of hydrogen-bond donors (Lipinski definition) is 0. The zero-order chi connectivity index (χ0) is 14.8. The van der Waals surface area contributed by atoms with Gasteiger partial charge in [-0.05, 0) is 25.5 Å². The van der Waals surface area contributed by atoms with Gasteiger partial charge in [-0.25, -0.2) is 0 Å². The fraction of sp³-hybridized carbons (Fsp3) is 0.467. The highest BCUT2D eigenvalue weighted by Gasteiger charge is 2.17. The smallest absolute Gasteiger partial charge is 0.325 e. The van der Waals surface area contributed by atoms with Crippen LogP contribution >= 0.6 is 11.8 Å². The van der Waals surface area contributed by atoms with Crippen molar-refractivity contribution in [2.45, 2.75) is 25.2 Å². The molecule has 0 spiro atoms. The summed E-state index contributed by atoms with van der Waals surface area (Å²) < 4.78 is 4.89. The van der Waals surface area contributed by atoms with Crippen LogP contribution in [0.5, 0.6) is 0 Å². The van der Waals surface area contributed by atoms with E-state index in [0.717, 1.165) is 11.3 Å². The molecule has 0 atom stereocenters. The molecule has 1 rings (SSSR count). The van der Waals surface area contributed by atoms with Crippen LogP contribution in [0.1, 0.15) is 20.3 Å². The average Bonchev–Trinajstić information content (AvgIpc) is 2.45. The molecule has 5 heteroatoms. The van der Waals surface area contributed by atoms with Crippen molar-refractivity contribution in [1.82, 2.24) is 4.90 Å². The number of benzene rings is 1. The minimum absolute atomic E-state index is 0.0336. The Hall–Kier alpha value is -1.49. The highest BCUT2D eigenvalue weighted by molar-refractivity contribution is 8.00. The van der Waals surface area contributed by atoms with Crippen LogP contribution in [0.2, 0.25) is 0 Å². The lowest BCUT2D eigenvalue weighted by Gasteiger charge is -2.20. The summed E-state index contributed by atoms with van der Waals surface area (Å²) in [4.78, 5) is 26.2. The zero-order valence-corrected chi connectivity index (χ0v) is 12.8. The van der Waals surface area contributed by atoms with Crippen LogP contribution in [-0.2, 0) is 14.3 Å².